The number of carbonyl (C=O) groups is 2. The second-order valence-corrected chi connectivity index (χ2v) is 7.73. The van der Waals surface area contributed by atoms with Crippen LogP contribution in [0.4, 0.5) is 4.79 Å². The van der Waals surface area contributed by atoms with E-state index in [9.17, 15) is 9.59 Å². The summed E-state index contributed by atoms with van der Waals surface area (Å²) in [5.74, 6) is 0.486. The van der Waals surface area contributed by atoms with Crippen LogP contribution in [0.1, 0.15) is 56.1 Å². The molecule has 3 amide bonds. The van der Waals surface area contributed by atoms with Gasteiger partial charge in [-0.1, -0.05) is 49.9 Å². The molecule has 1 aliphatic heterocycles. The number of carbonyl (C=O) groups excluding carboxylic acids is 2. The molecule has 0 radical (unpaired) electrons. The number of benzene rings is 1. The molecule has 0 bridgehead atoms. The van der Waals surface area contributed by atoms with Crippen molar-refractivity contribution >= 4 is 11.9 Å². The molecule has 128 valence electrons. The van der Waals surface area contributed by atoms with E-state index in [0.717, 1.165) is 25.7 Å². The van der Waals surface area contributed by atoms with E-state index in [-0.39, 0.29) is 11.9 Å². The number of urea groups is 1. The summed E-state index contributed by atoms with van der Waals surface area (Å²) in [7, 11) is 0. The second kappa shape index (κ2) is 6.23. The van der Waals surface area contributed by atoms with E-state index in [1.54, 1.807) is 0 Å². The number of nitrogens with zero attached hydrogens (tertiary/aromatic N) is 1. The van der Waals surface area contributed by atoms with Gasteiger partial charge >= 0.3 is 6.03 Å². The molecular formula is C20H26N2O2. The molecule has 1 saturated carbocycles. The summed E-state index contributed by atoms with van der Waals surface area (Å²) in [6.07, 6.45) is 9.54. The first-order valence-electron chi connectivity index (χ1n) is 9.39. The molecule has 1 aromatic carbocycles. The van der Waals surface area contributed by atoms with Gasteiger partial charge in [0.15, 0.2) is 0 Å². The number of rotatable bonds is 2. The Balaban J connectivity index is 1.51. The molecule has 1 N–H and O–H groups in total. The Kier molecular flexibility index (Phi) is 4.07. The van der Waals surface area contributed by atoms with Gasteiger partial charge in [0.25, 0.3) is 5.91 Å². The lowest BCUT2D eigenvalue weighted by Gasteiger charge is -2.32. The maximum Gasteiger partial charge on any atom is 0.325 e. The average molecular weight is 326 g/mol. The van der Waals surface area contributed by atoms with Crippen molar-refractivity contribution in [3.8, 4) is 0 Å². The number of imide groups is 1. The van der Waals surface area contributed by atoms with E-state index in [4.69, 9.17) is 0 Å². The van der Waals surface area contributed by atoms with Crippen LogP contribution in [0.2, 0.25) is 0 Å². The highest BCUT2D eigenvalue weighted by molar-refractivity contribution is 6.07. The molecule has 4 nitrogen and oxygen atoms in total. The Morgan fingerprint density at radius 2 is 1.75 bits per heavy atom. The monoisotopic (exact) mass is 326 g/mol. The summed E-state index contributed by atoms with van der Waals surface area (Å²) >= 11 is 0. The third-order valence-electron chi connectivity index (χ3n) is 6.09. The quantitative estimate of drug-likeness (QED) is 0.668. The van der Waals surface area contributed by atoms with Crippen molar-refractivity contribution in [3.05, 3.63) is 35.4 Å². The molecule has 1 aromatic rings. The molecule has 1 heterocycles. The van der Waals surface area contributed by atoms with Crippen LogP contribution in [0, 0.1) is 5.92 Å². The van der Waals surface area contributed by atoms with E-state index < -0.39 is 5.54 Å². The molecule has 1 spiro atoms. The van der Waals surface area contributed by atoms with Gasteiger partial charge in [-0.3, -0.25) is 9.69 Å². The van der Waals surface area contributed by atoms with Gasteiger partial charge in [-0.2, -0.15) is 0 Å². The predicted molar refractivity (Wildman–Crippen MR) is 92.6 cm³/mol. The van der Waals surface area contributed by atoms with Gasteiger partial charge < -0.3 is 5.32 Å². The largest absolute Gasteiger partial charge is 0.325 e. The molecule has 1 atom stereocenters. The van der Waals surface area contributed by atoms with Gasteiger partial charge in [0.2, 0.25) is 0 Å². The summed E-state index contributed by atoms with van der Waals surface area (Å²) in [5, 5.41) is 3.05. The molecule has 3 aliphatic rings. The second-order valence-electron chi connectivity index (χ2n) is 7.73. The molecule has 2 aliphatic carbocycles. The topological polar surface area (TPSA) is 49.4 Å². The minimum absolute atomic E-state index is 0.00579. The van der Waals surface area contributed by atoms with E-state index in [0.29, 0.717) is 18.9 Å². The van der Waals surface area contributed by atoms with Crippen molar-refractivity contribution in [2.75, 3.05) is 6.54 Å². The minimum atomic E-state index is -0.698. The fraction of sp³-hybridized carbons (Fsp3) is 0.600. The molecule has 4 heteroatoms. The van der Waals surface area contributed by atoms with Crippen LogP contribution in [0.5, 0.6) is 0 Å². The molecule has 24 heavy (non-hydrogen) atoms. The Bertz CT molecular complexity index is 649. The lowest BCUT2D eigenvalue weighted by molar-refractivity contribution is -0.132. The van der Waals surface area contributed by atoms with Crippen molar-refractivity contribution in [2.45, 2.75) is 63.3 Å². The maximum absolute atomic E-state index is 13.1. The third-order valence-corrected chi connectivity index (χ3v) is 6.09. The van der Waals surface area contributed by atoms with E-state index in [1.807, 2.05) is 12.1 Å². The maximum atomic E-state index is 13.1. The standard InChI is InChI=1S/C20H26N2O2/c23-18-20(12-11-16-9-5-6-10-17(16)13-20)21-19(24)22(18)14-15-7-3-1-2-4-8-15/h5-6,9-10,15H,1-4,7-8,11-14H2,(H,21,24)/t20-/m0/s1. The number of amides is 3. The molecule has 0 unspecified atom stereocenters. The summed E-state index contributed by atoms with van der Waals surface area (Å²) in [4.78, 5) is 27.1. The van der Waals surface area contributed by atoms with Gasteiger partial charge in [0.05, 0.1) is 0 Å². The zero-order valence-electron chi connectivity index (χ0n) is 14.2. The van der Waals surface area contributed by atoms with Crippen molar-refractivity contribution < 1.29 is 9.59 Å². The van der Waals surface area contributed by atoms with Gasteiger partial charge in [-0.05, 0) is 42.7 Å². The fourth-order valence-electron chi connectivity index (χ4n) is 4.67. The molecule has 1 saturated heterocycles. The van der Waals surface area contributed by atoms with Gasteiger partial charge in [0, 0.05) is 13.0 Å². The van der Waals surface area contributed by atoms with E-state index in [2.05, 4.69) is 17.4 Å². The van der Waals surface area contributed by atoms with Crippen molar-refractivity contribution in [2.24, 2.45) is 5.92 Å². The highest BCUT2D eigenvalue weighted by Gasteiger charge is 2.52. The summed E-state index contributed by atoms with van der Waals surface area (Å²) < 4.78 is 0. The Morgan fingerprint density at radius 3 is 2.50 bits per heavy atom. The van der Waals surface area contributed by atoms with Crippen LogP contribution >= 0.6 is 0 Å². The Labute approximate surface area is 143 Å². The SMILES string of the molecule is O=C1N[C@]2(CCc3ccccc3C2)C(=O)N1CC1CCCCCC1. The smallest absolute Gasteiger partial charge is 0.323 e. The number of hydrogen-bond acceptors (Lipinski definition) is 2. The average Bonchev–Trinajstić information content (AvgIpc) is 2.79. The van der Waals surface area contributed by atoms with Crippen LogP contribution < -0.4 is 5.32 Å². The first-order chi connectivity index (χ1) is 11.7. The van der Waals surface area contributed by atoms with Crippen LogP contribution in [0.3, 0.4) is 0 Å². The van der Waals surface area contributed by atoms with Crippen LogP contribution in [0.25, 0.3) is 0 Å². The molecule has 2 fully saturated rings. The lowest BCUT2D eigenvalue weighted by Crippen LogP contribution is -2.51. The first kappa shape index (κ1) is 15.7. The third kappa shape index (κ3) is 2.72. The highest BCUT2D eigenvalue weighted by atomic mass is 16.2. The first-order valence-corrected chi connectivity index (χ1v) is 9.39. The molecular weight excluding hydrogens is 300 g/mol. The number of hydrogen-bond donors (Lipinski definition) is 1. The number of fused-ring (bicyclic) bond motifs is 1. The highest BCUT2D eigenvalue weighted by Crippen LogP contribution is 2.34. The van der Waals surface area contributed by atoms with Gasteiger partial charge in [-0.15, -0.1) is 0 Å². The van der Waals surface area contributed by atoms with E-state index in [1.165, 1.54) is 41.7 Å². The summed E-state index contributed by atoms with van der Waals surface area (Å²) in [5.41, 5.74) is 1.82. The van der Waals surface area contributed by atoms with Gasteiger partial charge in [-0.25, -0.2) is 4.79 Å². The lowest BCUT2D eigenvalue weighted by atomic mass is 9.78. The molecule has 0 aromatic heterocycles. The summed E-state index contributed by atoms with van der Waals surface area (Å²) in [6, 6.07) is 8.10. The van der Waals surface area contributed by atoms with Gasteiger partial charge in [0.1, 0.15) is 5.54 Å². The molecule has 4 rings (SSSR count). The zero-order valence-corrected chi connectivity index (χ0v) is 14.2. The fourth-order valence-corrected chi connectivity index (χ4v) is 4.67. The Hall–Kier alpha value is -1.84. The zero-order chi connectivity index (χ0) is 16.6. The van der Waals surface area contributed by atoms with Crippen molar-refractivity contribution in [1.82, 2.24) is 10.2 Å². The summed E-state index contributed by atoms with van der Waals surface area (Å²) in [6.45, 7) is 0.605. The van der Waals surface area contributed by atoms with Crippen LogP contribution in [0.15, 0.2) is 24.3 Å². The van der Waals surface area contributed by atoms with Crippen LogP contribution in [-0.2, 0) is 17.6 Å². The normalized spacial score (nSPS) is 27.9. The number of aryl methyl sites for hydroxylation is 1. The van der Waals surface area contributed by atoms with Crippen LogP contribution in [-0.4, -0.2) is 28.9 Å². The Morgan fingerprint density at radius 1 is 1.04 bits per heavy atom. The van der Waals surface area contributed by atoms with Crippen molar-refractivity contribution in [1.29, 1.82) is 0 Å². The van der Waals surface area contributed by atoms with E-state index >= 15 is 0 Å². The minimum Gasteiger partial charge on any atom is -0.323 e. The van der Waals surface area contributed by atoms with Crippen molar-refractivity contribution in [3.63, 3.8) is 0 Å². The number of nitrogens with one attached hydrogen (secondary N) is 1. The predicted octanol–water partition coefficient (Wildman–Crippen LogP) is 3.44.